The van der Waals surface area contributed by atoms with Gasteiger partial charge >= 0.3 is 0 Å². The molecule has 1 aliphatic carbocycles. The van der Waals surface area contributed by atoms with E-state index in [1.54, 1.807) is 0 Å². The average molecular weight is 249 g/mol. The predicted molar refractivity (Wildman–Crippen MR) is 75.5 cm³/mol. The number of imidazole rings is 1. The van der Waals surface area contributed by atoms with E-state index in [4.69, 9.17) is 0 Å². The molecule has 1 aliphatic rings. The van der Waals surface area contributed by atoms with Crippen LogP contribution < -0.4 is 5.32 Å². The average Bonchev–Trinajstić information content (AvgIpc) is 2.81. The maximum atomic E-state index is 4.27. The molecule has 0 aromatic carbocycles. The van der Waals surface area contributed by atoms with Gasteiger partial charge in [-0.25, -0.2) is 4.98 Å². The summed E-state index contributed by atoms with van der Waals surface area (Å²) in [7, 11) is 0. The van der Waals surface area contributed by atoms with Gasteiger partial charge in [0.1, 0.15) is 5.82 Å². The molecule has 3 heteroatoms. The highest BCUT2D eigenvalue weighted by Gasteiger charge is 2.33. The van der Waals surface area contributed by atoms with Crippen molar-refractivity contribution in [2.45, 2.75) is 58.9 Å². The number of nitrogens with one attached hydrogen (secondary N) is 2. The van der Waals surface area contributed by atoms with Gasteiger partial charge in [0.2, 0.25) is 0 Å². The molecule has 2 unspecified atom stereocenters. The Hall–Kier alpha value is -0.830. The van der Waals surface area contributed by atoms with Gasteiger partial charge < -0.3 is 10.3 Å². The van der Waals surface area contributed by atoms with E-state index in [-0.39, 0.29) is 0 Å². The second kappa shape index (κ2) is 5.87. The highest BCUT2D eigenvalue weighted by atomic mass is 14.9. The maximum absolute atomic E-state index is 4.27. The SMILES string of the molecule is CC(C)(C)C1CCCCC1NCCc1ncc[nH]1. The number of aromatic amines is 1. The van der Waals surface area contributed by atoms with E-state index in [1.807, 2.05) is 12.4 Å². The molecular formula is C15H27N3. The maximum Gasteiger partial charge on any atom is 0.107 e. The van der Waals surface area contributed by atoms with Gasteiger partial charge in [-0.05, 0) is 24.2 Å². The number of rotatable bonds is 4. The minimum absolute atomic E-state index is 0.419. The third-order valence-corrected chi connectivity index (χ3v) is 4.20. The summed E-state index contributed by atoms with van der Waals surface area (Å²) in [4.78, 5) is 7.44. The number of H-pyrrole nitrogens is 1. The summed E-state index contributed by atoms with van der Waals surface area (Å²) in [6.45, 7) is 8.17. The van der Waals surface area contributed by atoms with Crippen molar-refractivity contribution in [3.05, 3.63) is 18.2 Å². The standard InChI is InChI=1S/C15H27N3/c1-15(2,3)12-6-4-5-7-13(12)16-9-8-14-17-10-11-18-14/h10-13,16H,4-9H2,1-3H3,(H,17,18). The van der Waals surface area contributed by atoms with Crippen LogP contribution in [0.2, 0.25) is 0 Å². The minimum Gasteiger partial charge on any atom is -0.349 e. The fourth-order valence-corrected chi connectivity index (χ4v) is 3.22. The van der Waals surface area contributed by atoms with Crippen LogP contribution in [0.4, 0.5) is 0 Å². The zero-order valence-electron chi connectivity index (χ0n) is 12.0. The van der Waals surface area contributed by atoms with E-state index in [0.717, 1.165) is 24.7 Å². The minimum atomic E-state index is 0.419. The predicted octanol–water partition coefficient (Wildman–Crippen LogP) is 3.15. The van der Waals surface area contributed by atoms with Gasteiger partial charge in [0, 0.05) is 31.4 Å². The van der Waals surface area contributed by atoms with Gasteiger partial charge in [-0.15, -0.1) is 0 Å². The Morgan fingerprint density at radius 2 is 2.11 bits per heavy atom. The topological polar surface area (TPSA) is 40.7 Å². The molecule has 1 aromatic rings. The Kier molecular flexibility index (Phi) is 4.44. The van der Waals surface area contributed by atoms with Gasteiger partial charge in [0.25, 0.3) is 0 Å². The molecule has 0 radical (unpaired) electrons. The molecule has 2 N–H and O–H groups in total. The summed E-state index contributed by atoms with van der Waals surface area (Å²) in [5.41, 5.74) is 0.419. The molecular weight excluding hydrogens is 222 g/mol. The van der Waals surface area contributed by atoms with Crippen molar-refractivity contribution in [1.29, 1.82) is 0 Å². The Balaban J connectivity index is 1.82. The highest BCUT2D eigenvalue weighted by Crippen LogP contribution is 2.37. The number of nitrogens with zero attached hydrogens (tertiary/aromatic N) is 1. The Morgan fingerprint density at radius 1 is 1.33 bits per heavy atom. The van der Waals surface area contributed by atoms with Crippen molar-refractivity contribution in [1.82, 2.24) is 15.3 Å². The zero-order chi connectivity index (χ0) is 13.0. The van der Waals surface area contributed by atoms with Crippen LogP contribution in [-0.2, 0) is 6.42 Å². The van der Waals surface area contributed by atoms with Crippen LogP contribution in [0.5, 0.6) is 0 Å². The van der Waals surface area contributed by atoms with Gasteiger partial charge in [-0.2, -0.15) is 0 Å². The molecule has 2 rings (SSSR count). The van der Waals surface area contributed by atoms with Crippen molar-refractivity contribution in [2.24, 2.45) is 11.3 Å². The van der Waals surface area contributed by atoms with Gasteiger partial charge in [0.15, 0.2) is 0 Å². The van der Waals surface area contributed by atoms with Gasteiger partial charge in [0.05, 0.1) is 0 Å². The van der Waals surface area contributed by atoms with Crippen LogP contribution in [0.3, 0.4) is 0 Å². The van der Waals surface area contributed by atoms with Crippen LogP contribution in [0.25, 0.3) is 0 Å². The van der Waals surface area contributed by atoms with Crippen LogP contribution in [0, 0.1) is 11.3 Å². The molecule has 0 spiro atoms. The third-order valence-electron chi connectivity index (χ3n) is 4.20. The molecule has 2 atom stereocenters. The Labute approximate surface area is 111 Å². The molecule has 1 saturated carbocycles. The second-order valence-electron chi connectivity index (χ2n) is 6.60. The summed E-state index contributed by atoms with van der Waals surface area (Å²) in [6, 6.07) is 0.689. The molecule has 18 heavy (non-hydrogen) atoms. The molecule has 0 bridgehead atoms. The molecule has 1 heterocycles. The molecule has 3 nitrogen and oxygen atoms in total. The molecule has 0 aliphatic heterocycles. The summed E-state index contributed by atoms with van der Waals surface area (Å²) in [5, 5.41) is 3.76. The van der Waals surface area contributed by atoms with Crippen molar-refractivity contribution in [2.75, 3.05) is 6.54 Å². The first-order chi connectivity index (χ1) is 8.57. The highest BCUT2D eigenvalue weighted by molar-refractivity contribution is 4.91. The van der Waals surface area contributed by atoms with E-state index in [1.165, 1.54) is 25.7 Å². The number of aromatic nitrogens is 2. The smallest absolute Gasteiger partial charge is 0.107 e. The first-order valence-corrected chi connectivity index (χ1v) is 7.29. The van der Waals surface area contributed by atoms with E-state index >= 15 is 0 Å². The summed E-state index contributed by atoms with van der Waals surface area (Å²) < 4.78 is 0. The number of hydrogen-bond acceptors (Lipinski definition) is 2. The van der Waals surface area contributed by atoms with E-state index in [2.05, 4.69) is 36.1 Å². The largest absolute Gasteiger partial charge is 0.349 e. The lowest BCUT2D eigenvalue weighted by molar-refractivity contribution is 0.131. The van der Waals surface area contributed by atoms with E-state index in [9.17, 15) is 0 Å². The van der Waals surface area contributed by atoms with Crippen molar-refractivity contribution < 1.29 is 0 Å². The lowest BCUT2D eigenvalue weighted by Crippen LogP contribution is -2.44. The molecule has 0 saturated heterocycles. The van der Waals surface area contributed by atoms with E-state index < -0.39 is 0 Å². The third kappa shape index (κ3) is 3.58. The quantitative estimate of drug-likeness (QED) is 0.860. The van der Waals surface area contributed by atoms with Gasteiger partial charge in [-0.1, -0.05) is 33.6 Å². The summed E-state index contributed by atoms with van der Waals surface area (Å²) in [6.07, 6.45) is 10.2. The van der Waals surface area contributed by atoms with Crippen LogP contribution in [0.15, 0.2) is 12.4 Å². The zero-order valence-corrected chi connectivity index (χ0v) is 12.0. The van der Waals surface area contributed by atoms with Crippen LogP contribution >= 0.6 is 0 Å². The van der Waals surface area contributed by atoms with Crippen LogP contribution in [-0.4, -0.2) is 22.6 Å². The van der Waals surface area contributed by atoms with Crippen molar-refractivity contribution in [3.8, 4) is 0 Å². The first-order valence-electron chi connectivity index (χ1n) is 7.29. The normalized spacial score (nSPS) is 25.3. The first kappa shape index (κ1) is 13.6. The Morgan fingerprint density at radius 3 is 2.78 bits per heavy atom. The fourth-order valence-electron chi connectivity index (χ4n) is 3.22. The Bertz CT molecular complexity index is 337. The fraction of sp³-hybridized carbons (Fsp3) is 0.800. The second-order valence-corrected chi connectivity index (χ2v) is 6.60. The molecule has 1 aromatic heterocycles. The van der Waals surface area contributed by atoms with Crippen molar-refractivity contribution in [3.63, 3.8) is 0 Å². The monoisotopic (exact) mass is 249 g/mol. The number of hydrogen-bond donors (Lipinski definition) is 2. The molecule has 102 valence electrons. The lowest BCUT2D eigenvalue weighted by atomic mass is 9.69. The molecule has 0 amide bonds. The molecule has 1 fully saturated rings. The lowest BCUT2D eigenvalue weighted by Gasteiger charge is -2.41. The van der Waals surface area contributed by atoms with Crippen molar-refractivity contribution >= 4 is 0 Å². The summed E-state index contributed by atoms with van der Waals surface area (Å²) >= 11 is 0. The van der Waals surface area contributed by atoms with E-state index in [0.29, 0.717) is 11.5 Å². The van der Waals surface area contributed by atoms with Gasteiger partial charge in [-0.3, -0.25) is 0 Å². The summed E-state index contributed by atoms with van der Waals surface area (Å²) in [5.74, 6) is 1.90. The van der Waals surface area contributed by atoms with Crippen LogP contribution in [0.1, 0.15) is 52.3 Å².